The fraction of sp³-hybridized carbons (Fsp3) is 0.333. The normalized spacial score (nSPS) is 28.9. The molecule has 17 heteroatoms. The number of allylic oxidation sites excluding steroid dienone is 2. The minimum atomic E-state index is -2.79. The summed E-state index contributed by atoms with van der Waals surface area (Å²) in [5, 5.41) is 12.2. The van der Waals surface area contributed by atoms with E-state index < -0.39 is 98.2 Å². The zero-order chi connectivity index (χ0) is 36.2. The molecule has 3 aromatic rings. The van der Waals surface area contributed by atoms with Crippen LogP contribution in [-0.4, -0.2) is 57.6 Å². The number of ether oxygens (including phenoxy) is 2. The highest BCUT2D eigenvalue weighted by molar-refractivity contribution is 7.09. The Kier molecular flexibility index (Phi) is 7.99. The first-order chi connectivity index (χ1) is 23.6. The van der Waals surface area contributed by atoms with Crippen molar-refractivity contribution in [1.29, 1.82) is 0 Å². The first-order valence-electron chi connectivity index (χ1n) is 14.9. The van der Waals surface area contributed by atoms with Crippen molar-refractivity contribution < 1.29 is 55.7 Å². The molecule has 6 atom stereocenters. The molecule has 2 saturated heterocycles. The molecule has 1 N–H and O–H groups in total. The van der Waals surface area contributed by atoms with Gasteiger partial charge in [-0.05, 0) is 30.2 Å². The summed E-state index contributed by atoms with van der Waals surface area (Å²) in [7, 11) is 2.39. The summed E-state index contributed by atoms with van der Waals surface area (Å²) in [6.07, 6.45) is 0.862. The number of benzene rings is 2. The number of halogens is 7. The molecule has 3 heterocycles. The fourth-order valence-corrected chi connectivity index (χ4v) is 9.48. The second-order valence-corrected chi connectivity index (χ2v) is 14.6. The van der Waals surface area contributed by atoms with E-state index in [0.717, 1.165) is 17.0 Å². The maximum absolute atomic E-state index is 15.3. The van der Waals surface area contributed by atoms with Crippen molar-refractivity contribution in [2.45, 2.75) is 35.1 Å². The summed E-state index contributed by atoms with van der Waals surface area (Å²) < 4.78 is 84.6. The Morgan fingerprint density at radius 1 is 0.900 bits per heavy atom. The molecule has 1 aromatic heterocycles. The molecule has 0 spiro atoms. The van der Waals surface area contributed by atoms with Gasteiger partial charge in [-0.1, -0.05) is 17.7 Å². The largest absolute Gasteiger partial charge is 0.508 e. The number of hydrogen-bond donors (Lipinski definition) is 1. The average molecular weight is 758 g/mol. The third-order valence-corrected chi connectivity index (χ3v) is 12.3. The van der Waals surface area contributed by atoms with Crippen LogP contribution in [0, 0.1) is 46.8 Å². The predicted octanol–water partition coefficient (Wildman–Crippen LogP) is 5.93. The van der Waals surface area contributed by atoms with Gasteiger partial charge < -0.3 is 14.6 Å². The van der Waals surface area contributed by atoms with Crippen molar-refractivity contribution in [3.63, 3.8) is 0 Å². The molecule has 1 saturated carbocycles. The van der Waals surface area contributed by atoms with Crippen LogP contribution in [0.5, 0.6) is 17.2 Å². The molecule has 262 valence electrons. The molecule has 0 radical (unpaired) electrons. The van der Waals surface area contributed by atoms with E-state index in [1.807, 2.05) is 0 Å². The number of fused-ring (bicyclic) bond motifs is 4. The summed E-state index contributed by atoms with van der Waals surface area (Å²) in [6.45, 7) is -0.0374. The van der Waals surface area contributed by atoms with Gasteiger partial charge in [-0.3, -0.25) is 24.1 Å². The number of amides is 4. The lowest BCUT2D eigenvalue weighted by atomic mass is 9.56. The van der Waals surface area contributed by atoms with E-state index in [1.165, 1.54) is 25.6 Å². The smallest absolute Gasteiger partial charge is 0.258 e. The topological polar surface area (TPSA) is 113 Å². The van der Waals surface area contributed by atoms with Gasteiger partial charge in [-0.2, -0.15) is 0 Å². The Balaban J connectivity index is 1.47. The molecule has 2 aliphatic carbocycles. The Hall–Kier alpha value is -4.21. The number of carbonyl (C=O) groups is 4. The number of imide groups is 2. The number of phenols is 1. The number of phenolic OH excluding ortho intramolecular Hbond substituents is 1. The lowest BCUT2D eigenvalue weighted by Gasteiger charge is -2.51. The second-order valence-electron chi connectivity index (χ2n) is 12.3. The summed E-state index contributed by atoms with van der Waals surface area (Å²) in [4.78, 5) is 52.7. The predicted molar refractivity (Wildman–Crippen MR) is 168 cm³/mol. The maximum Gasteiger partial charge on any atom is 0.258 e. The summed E-state index contributed by atoms with van der Waals surface area (Å²) >= 11 is 15.7. The van der Waals surface area contributed by atoms with Gasteiger partial charge in [0.05, 0.1) is 32.6 Å². The molecule has 2 aliphatic heterocycles. The van der Waals surface area contributed by atoms with Crippen LogP contribution in [0.1, 0.15) is 29.2 Å². The molecule has 7 rings (SSSR count). The first-order valence-corrected chi connectivity index (χ1v) is 16.6. The maximum atomic E-state index is 15.3. The monoisotopic (exact) mass is 756 g/mol. The number of anilines is 1. The van der Waals surface area contributed by atoms with Crippen LogP contribution >= 0.6 is 34.5 Å². The van der Waals surface area contributed by atoms with Gasteiger partial charge in [0.15, 0.2) is 33.0 Å². The molecule has 9 nitrogen and oxygen atoms in total. The average Bonchev–Trinajstić information content (AvgIpc) is 3.74. The summed E-state index contributed by atoms with van der Waals surface area (Å²) in [6, 6.07) is 5.74. The van der Waals surface area contributed by atoms with E-state index in [2.05, 4.69) is 0 Å². The van der Waals surface area contributed by atoms with Crippen LogP contribution in [0.25, 0.3) is 0 Å². The van der Waals surface area contributed by atoms with Gasteiger partial charge in [-0.25, -0.2) is 26.9 Å². The lowest BCUT2D eigenvalue weighted by molar-refractivity contribution is -0.141. The molecule has 3 fully saturated rings. The molecule has 2 aromatic carbocycles. The highest BCUT2D eigenvalue weighted by atomic mass is 35.5. The quantitative estimate of drug-likeness (QED) is 0.0829. The van der Waals surface area contributed by atoms with Gasteiger partial charge in [0.1, 0.15) is 22.9 Å². The summed E-state index contributed by atoms with van der Waals surface area (Å²) in [5.74, 6) is -22.3. The van der Waals surface area contributed by atoms with Gasteiger partial charge in [-0.15, -0.1) is 34.5 Å². The van der Waals surface area contributed by atoms with Crippen molar-refractivity contribution in [1.82, 2.24) is 4.90 Å². The number of thiophene rings is 1. The number of carbonyl (C=O) groups excluding carboxylic acids is 4. The lowest BCUT2D eigenvalue weighted by Crippen LogP contribution is -2.60. The highest BCUT2D eigenvalue weighted by Gasteiger charge is 2.77. The number of alkyl halides is 2. The molecule has 6 unspecified atom stereocenters. The molecular weight excluding hydrogens is 734 g/mol. The third-order valence-electron chi connectivity index (χ3n) is 10.0. The zero-order valence-electron chi connectivity index (χ0n) is 25.7. The Bertz CT molecular complexity index is 2010. The van der Waals surface area contributed by atoms with Gasteiger partial charge in [0, 0.05) is 28.5 Å². The van der Waals surface area contributed by atoms with Crippen LogP contribution in [0.4, 0.5) is 27.6 Å². The SMILES string of the molecule is COc1cc(O)cc(OC)c1C1C2=CCC3C(=O)N(Cc4cccs4)C(=O)C3C2CC2(Cl)C(=O)N(c3c(F)c(F)c(F)c(F)c3F)C(=O)C12Cl. The number of nitrogens with zero attached hydrogens (tertiary/aromatic N) is 2. The van der Waals surface area contributed by atoms with E-state index in [1.54, 1.807) is 23.6 Å². The van der Waals surface area contributed by atoms with E-state index in [0.29, 0.717) is 4.88 Å². The number of aromatic hydroxyl groups is 1. The van der Waals surface area contributed by atoms with Crippen molar-refractivity contribution in [3.8, 4) is 17.2 Å². The Labute approximate surface area is 293 Å². The van der Waals surface area contributed by atoms with Crippen molar-refractivity contribution in [2.75, 3.05) is 19.1 Å². The standard InChI is InChI=1S/C33H23Cl2F5N2O7S/c1-48-17-8-12(43)9-18(49-2)20(17)21-14-5-6-15-19(29(45)41(28(15)44)11-13-4-3-7-50-13)16(14)10-32(34)30(46)42(31(47)33(21,32)35)27-25(39)23(37)22(36)24(38)26(27)40/h3-5,7-9,15-16,19,21,43H,6,10-11H2,1-2H3. The second kappa shape index (κ2) is 11.7. The van der Waals surface area contributed by atoms with Crippen molar-refractivity contribution in [2.24, 2.45) is 17.8 Å². The molecular formula is C33H23Cl2F5N2O7S. The van der Waals surface area contributed by atoms with E-state index in [9.17, 15) is 37.5 Å². The van der Waals surface area contributed by atoms with Crippen LogP contribution < -0.4 is 14.4 Å². The van der Waals surface area contributed by atoms with E-state index >= 15 is 8.78 Å². The fourth-order valence-electron chi connectivity index (χ4n) is 7.87. The zero-order valence-corrected chi connectivity index (χ0v) is 28.1. The van der Waals surface area contributed by atoms with Gasteiger partial charge in [0.2, 0.25) is 17.6 Å². The van der Waals surface area contributed by atoms with E-state index in [4.69, 9.17) is 32.7 Å². The number of rotatable bonds is 6. The van der Waals surface area contributed by atoms with Crippen LogP contribution in [0.15, 0.2) is 41.3 Å². The van der Waals surface area contributed by atoms with Crippen molar-refractivity contribution >= 4 is 63.9 Å². The molecule has 0 bridgehead atoms. The number of methoxy groups -OCH3 is 2. The Morgan fingerprint density at radius 2 is 1.50 bits per heavy atom. The number of hydrogen-bond acceptors (Lipinski definition) is 8. The number of likely N-dealkylation sites (tertiary alicyclic amines) is 1. The minimum Gasteiger partial charge on any atom is -0.508 e. The minimum absolute atomic E-state index is 0.0347. The molecule has 4 amide bonds. The Morgan fingerprint density at radius 3 is 2.06 bits per heavy atom. The van der Waals surface area contributed by atoms with Crippen LogP contribution in [0.3, 0.4) is 0 Å². The third kappa shape index (κ3) is 4.35. The van der Waals surface area contributed by atoms with Gasteiger partial charge in [0.25, 0.3) is 11.8 Å². The van der Waals surface area contributed by atoms with Crippen LogP contribution in [-0.2, 0) is 25.7 Å². The first kappa shape index (κ1) is 34.2. The highest BCUT2D eigenvalue weighted by Crippen LogP contribution is 2.67. The van der Waals surface area contributed by atoms with Gasteiger partial charge >= 0.3 is 0 Å². The summed E-state index contributed by atoms with van der Waals surface area (Å²) in [5.41, 5.74) is -1.77. The van der Waals surface area contributed by atoms with Crippen molar-refractivity contribution in [3.05, 3.63) is 80.8 Å². The van der Waals surface area contributed by atoms with E-state index in [-0.39, 0.29) is 46.3 Å². The van der Waals surface area contributed by atoms with Crippen LogP contribution in [0.2, 0.25) is 0 Å². The molecule has 50 heavy (non-hydrogen) atoms. The molecule has 4 aliphatic rings.